The zero-order chi connectivity index (χ0) is 10.8. The number of piperidine rings is 1. The van der Waals surface area contributed by atoms with Crippen LogP contribution in [0.1, 0.15) is 44.9 Å². The normalized spacial score (nSPS) is 41.6. The van der Waals surface area contributed by atoms with Crippen molar-refractivity contribution in [1.82, 2.24) is 4.90 Å². The zero-order valence-corrected chi connectivity index (χ0v) is 10.9. The van der Waals surface area contributed by atoms with Crippen LogP contribution in [-0.2, 0) is 4.74 Å². The van der Waals surface area contributed by atoms with Gasteiger partial charge < -0.3 is 4.74 Å². The maximum absolute atomic E-state index is 5.93. The predicted octanol–water partition coefficient (Wildman–Crippen LogP) is 2.87. The molecule has 3 heterocycles. The maximum atomic E-state index is 5.93. The van der Waals surface area contributed by atoms with Crippen LogP contribution < -0.4 is 0 Å². The highest BCUT2D eigenvalue weighted by Gasteiger charge is 2.37. The highest BCUT2D eigenvalue weighted by Crippen LogP contribution is 2.36. The Morgan fingerprint density at radius 1 is 1.00 bits per heavy atom. The van der Waals surface area contributed by atoms with Crippen molar-refractivity contribution in [3.63, 3.8) is 0 Å². The van der Waals surface area contributed by atoms with Crippen molar-refractivity contribution in [2.75, 3.05) is 18.9 Å². The molecule has 0 saturated carbocycles. The Kier molecular flexibility index (Phi) is 3.75. The van der Waals surface area contributed by atoms with Crippen molar-refractivity contribution in [2.24, 2.45) is 0 Å². The van der Waals surface area contributed by atoms with E-state index >= 15 is 0 Å². The molecular formula is C13H23NOS. The fraction of sp³-hybridized carbons (Fsp3) is 1.00. The van der Waals surface area contributed by atoms with Gasteiger partial charge in [0.2, 0.25) is 0 Å². The molecule has 3 aliphatic heterocycles. The van der Waals surface area contributed by atoms with Crippen molar-refractivity contribution >= 4 is 11.8 Å². The first kappa shape index (κ1) is 11.4. The molecule has 0 aliphatic carbocycles. The van der Waals surface area contributed by atoms with Crippen molar-refractivity contribution in [3.05, 3.63) is 0 Å². The van der Waals surface area contributed by atoms with Crippen LogP contribution in [-0.4, -0.2) is 41.3 Å². The Morgan fingerprint density at radius 3 is 2.75 bits per heavy atom. The van der Waals surface area contributed by atoms with Crippen LogP contribution in [0.4, 0.5) is 0 Å². The molecule has 3 atom stereocenters. The quantitative estimate of drug-likeness (QED) is 0.737. The van der Waals surface area contributed by atoms with Gasteiger partial charge in [0.15, 0.2) is 0 Å². The summed E-state index contributed by atoms with van der Waals surface area (Å²) in [6.07, 6.45) is 10.2. The second kappa shape index (κ2) is 5.28. The van der Waals surface area contributed by atoms with Gasteiger partial charge in [-0.15, -0.1) is 11.8 Å². The number of nitrogens with zero attached hydrogens (tertiary/aromatic N) is 1. The van der Waals surface area contributed by atoms with Gasteiger partial charge in [-0.2, -0.15) is 0 Å². The smallest absolute Gasteiger partial charge is 0.0731 e. The minimum atomic E-state index is 0.557. The average molecular weight is 241 g/mol. The van der Waals surface area contributed by atoms with E-state index < -0.39 is 0 Å². The van der Waals surface area contributed by atoms with E-state index in [1.165, 1.54) is 57.2 Å². The van der Waals surface area contributed by atoms with Gasteiger partial charge in [-0.05, 0) is 50.8 Å². The lowest BCUT2D eigenvalue weighted by Crippen LogP contribution is -2.49. The number of ether oxygens (including phenoxy) is 1. The molecular weight excluding hydrogens is 218 g/mol. The summed E-state index contributed by atoms with van der Waals surface area (Å²) >= 11 is 2.18. The van der Waals surface area contributed by atoms with Gasteiger partial charge in [-0.25, -0.2) is 0 Å². The monoisotopic (exact) mass is 241 g/mol. The van der Waals surface area contributed by atoms with Gasteiger partial charge in [-0.1, -0.05) is 6.42 Å². The number of hydrogen-bond donors (Lipinski definition) is 0. The van der Waals surface area contributed by atoms with E-state index in [1.807, 2.05) is 0 Å². The molecule has 92 valence electrons. The number of rotatable bonds is 2. The average Bonchev–Trinajstić information content (AvgIpc) is 3.03. The Hall–Kier alpha value is 0.270. The Bertz CT molecular complexity index is 200. The lowest BCUT2D eigenvalue weighted by molar-refractivity contribution is 0.000657. The van der Waals surface area contributed by atoms with Gasteiger partial charge >= 0.3 is 0 Å². The SMILES string of the molecule is C1COC(C2CCCCN2C2CCCS2)C1. The molecule has 0 bridgehead atoms. The molecule has 3 heteroatoms. The zero-order valence-electron chi connectivity index (χ0n) is 10.1. The highest BCUT2D eigenvalue weighted by atomic mass is 32.2. The Morgan fingerprint density at radius 2 is 2.00 bits per heavy atom. The first-order chi connectivity index (χ1) is 7.95. The summed E-state index contributed by atoms with van der Waals surface area (Å²) in [5.41, 5.74) is 0. The molecule has 0 amide bonds. The molecule has 0 radical (unpaired) electrons. The molecule has 0 aromatic rings. The molecule has 0 spiro atoms. The Labute approximate surface area is 103 Å². The van der Waals surface area contributed by atoms with E-state index in [4.69, 9.17) is 4.74 Å². The molecule has 0 aromatic carbocycles. The Balaban J connectivity index is 1.67. The molecule has 3 unspecified atom stereocenters. The third-order valence-corrected chi connectivity index (χ3v) is 5.68. The van der Waals surface area contributed by atoms with Gasteiger partial charge in [0.25, 0.3) is 0 Å². The van der Waals surface area contributed by atoms with E-state index in [2.05, 4.69) is 16.7 Å². The van der Waals surface area contributed by atoms with Crippen molar-refractivity contribution < 1.29 is 4.74 Å². The lowest BCUT2D eigenvalue weighted by atomic mass is 9.95. The molecule has 3 fully saturated rings. The van der Waals surface area contributed by atoms with E-state index in [-0.39, 0.29) is 0 Å². The predicted molar refractivity (Wildman–Crippen MR) is 68.8 cm³/mol. The van der Waals surface area contributed by atoms with Gasteiger partial charge in [0, 0.05) is 12.6 Å². The molecule has 2 nitrogen and oxygen atoms in total. The number of hydrogen-bond acceptors (Lipinski definition) is 3. The van der Waals surface area contributed by atoms with Gasteiger partial charge in [0.1, 0.15) is 0 Å². The molecule has 3 saturated heterocycles. The topological polar surface area (TPSA) is 12.5 Å². The molecule has 0 aromatic heterocycles. The van der Waals surface area contributed by atoms with Crippen LogP contribution in [0.3, 0.4) is 0 Å². The van der Waals surface area contributed by atoms with Crippen LogP contribution >= 0.6 is 11.8 Å². The lowest BCUT2D eigenvalue weighted by Gasteiger charge is -2.42. The van der Waals surface area contributed by atoms with Crippen LogP contribution in [0.25, 0.3) is 0 Å². The summed E-state index contributed by atoms with van der Waals surface area (Å²) < 4.78 is 5.93. The van der Waals surface area contributed by atoms with Crippen molar-refractivity contribution in [1.29, 1.82) is 0 Å². The fourth-order valence-electron chi connectivity index (χ4n) is 3.46. The first-order valence-corrected chi connectivity index (χ1v) is 7.99. The minimum absolute atomic E-state index is 0.557. The van der Waals surface area contributed by atoms with E-state index in [1.54, 1.807) is 0 Å². The molecule has 16 heavy (non-hydrogen) atoms. The summed E-state index contributed by atoms with van der Waals surface area (Å²) in [5, 5.41) is 0.814. The van der Waals surface area contributed by atoms with Crippen LogP contribution in [0.2, 0.25) is 0 Å². The molecule has 3 rings (SSSR count). The summed E-state index contributed by atoms with van der Waals surface area (Å²) in [4.78, 5) is 2.79. The van der Waals surface area contributed by atoms with Gasteiger partial charge in [-0.3, -0.25) is 4.90 Å². The third kappa shape index (κ3) is 2.27. The molecule has 0 N–H and O–H groups in total. The minimum Gasteiger partial charge on any atom is -0.377 e. The standard InChI is InChI=1S/C13H23NOS/c1-2-8-14(13-7-4-10-16-13)11(5-1)12-6-3-9-15-12/h11-13H,1-10H2. The van der Waals surface area contributed by atoms with E-state index in [9.17, 15) is 0 Å². The number of likely N-dealkylation sites (tertiary alicyclic amines) is 1. The largest absolute Gasteiger partial charge is 0.377 e. The summed E-state index contributed by atoms with van der Waals surface area (Å²) in [6.45, 7) is 2.33. The summed E-state index contributed by atoms with van der Waals surface area (Å²) in [7, 11) is 0. The summed E-state index contributed by atoms with van der Waals surface area (Å²) in [5.74, 6) is 1.37. The summed E-state index contributed by atoms with van der Waals surface area (Å²) in [6, 6.07) is 0.742. The highest BCUT2D eigenvalue weighted by molar-refractivity contribution is 8.00. The van der Waals surface area contributed by atoms with Crippen LogP contribution in [0.5, 0.6) is 0 Å². The van der Waals surface area contributed by atoms with Crippen LogP contribution in [0, 0.1) is 0 Å². The third-order valence-electron chi connectivity index (χ3n) is 4.26. The van der Waals surface area contributed by atoms with E-state index in [0.717, 1.165) is 18.0 Å². The van der Waals surface area contributed by atoms with Crippen LogP contribution in [0.15, 0.2) is 0 Å². The van der Waals surface area contributed by atoms with Crippen molar-refractivity contribution in [3.8, 4) is 0 Å². The maximum Gasteiger partial charge on any atom is 0.0731 e. The second-order valence-corrected chi connectivity index (χ2v) is 6.61. The van der Waals surface area contributed by atoms with Gasteiger partial charge in [0.05, 0.1) is 11.5 Å². The fourth-order valence-corrected chi connectivity index (χ4v) is 4.86. The molecule has 3 aliphatic rings. The van der Waals surface area contributed by atoms with E-state index in [0.29, 0.717) is 6.10 Å². The second-order valence-electron chi connectivity index (χ2n) is 5.32. The number of thioether (sulfide) groups is 1. The van der Waals surface area contributed by atoms with Crippen molar-refractivity contribution in [2.45, 2.75) is 62.5 Å². The first-order valence-electron chi connectivity index (χ1n) is 6.94.